The summed E-state index contributed by atoms with van der Waals surface area (Å²) in [5.41, 5.74) is 0. The second kappa shape index (κ2) is 6.17. The van der Waals surface area contributed by atoms with Gasteiger partial charge in [0.1, 0.15) is 0 Å². The number of hydrogen-bond acceptors (Lipinski definition) is 3. The highest BCUT2D eigenvalue weighted by Crippen LogP contribution is 2.34. The SMILES string of the molecule is CC(c1ccc(Br)s1)N1CCCCC1CC(=O)O. The monoisotopic (exact) mass is 331 g/mol. The normalized spacial score (nSPS) is 22.9. The third-order valence-corrected chi connectivity index (χ3v) is 5.38. The number of aliphatic carboxylic acids is 1. The number of carboxylic acid groups (broad SMARTS) is 1. The number of hydrogen-bond donors (Lipinski definition) is 1. The summed E-state index contributed by atoms with van der Waals surface area (Å²) < 4.78 is 1.14. The second-order valence-corrected chi connectivity index (χ2v) is 7.30. The molecule has 0 bridgehead atoms. The minimum atomic E-state index is -0.688. The molecule has 0 aliphatic carbocycles. The van der Waals surface area contributed by atoms with Gasteiger partial charge >= 0.3 is 5.97 Å². The Kier molecular flexibility index (Phi) is 4.81. The summed E-state index contributed by atoms with van der Waals surface area (Å²) in [5, 5.41) is 9.01. The number of likely N-dealkylation sites (tertiary alicyclic amines) is 1. The Morgan fingerprint density at radius 3 is 3.00 bits per heavy atom. The number of rotatable bonds is 4. The van der Waals surface area contributed by atoms with Crippen molar-refractivity contribution in [2.24, 2.45) is 0 Å². The molecule has 1 aliphatic heterocycles. The predicted octanol–water partition coefficient (Wildman–Crippen LogP) is 3.90. The first-order valence-electron chi connectivity index (χ1n) is 6.30. The summed E-state index contributed by atoms with van der Waals surface area (Å²) in [7, 11) is 0. The molecule has 18 heavy (non-hydrogen) atoms. The summed E-state index contributed by atoms with van der Waals surface area (Å²) in [4.78, 5) is 14.6. The van der Waals surface area contributed by atoms with E-state index in [0.29, 0.717) is 6.04 Å². The molecule has 0 spiro atoms. The molecule has 5 heteroatoms. The molecule has 0 aromatic carbocycles. The van der Waals surface area contributed by atoms with Crippen molar-refractivity contribution in [1.29, 1.82) is 0 Å². The van der Waals surface area contributed by atoms with E-state index < -0.39 is 5.97 Å². The number of piperidine rings is 1. The van der Waals surface area contributed by atoms with Gasteiger partial charge in [-0.15, -0.1) is 11.3 Å². The molecule has 1 aromatic heterocycles. The maximum absolute atomic E-state index is 10.9. The summed E-state index contributed by atoms with van der Waals surface area (Å²) in [6.45, 7) is 3.19. The number of halogens is 1. The van der Waals surface area contributed by atoms with Crippen LogP contribution in [-0.2, 0) is 4.79 Å². The van der Waals surface area contributed by atoms with Crippen LogP contribution in [0.1, 0.15) is 43.5 Å². The molecule has 3 nitrogen and oxygen atoms in total. The van der Waals surface area contributed by atoms with Crippen LogP contribution in [0, 0.1) is 0 Å². The highest BCUT2D eigenvalue weighted by Gasteiger charge is 2.29. The van der Waals surface area contributed by atoms with E-state index in [1.165, 1.54) is 11.3 Å². The first kappa shape index (κ1) is 14.0. The second-order valence-electron chi connectivity index (χ2n) is 4.80. The average molecular weight is 332 g/mol. The zero-order valence-electron chi connectivity index (χ0n) is 10.4. The van der Waals surface area contributed by atoms with Gasteiger partial charge in [-0.05, 0) is 54.4 Å². The fraction of sp³-hybridized carbons (Fsp3) is 0.615. The van der Waals surface area contributed by atoms with Crippen LogP contribution in [0.3, 0.4) is 0 Å². The van der Waals surface area contributed by atoms with Gasteiger partial charge in [0.25, 0.3) is 0 Å². The highest BCUT2D eigenvalue weighted by atomic mass is 79.9. The van der Waals surface area contributed by atoms with E-state index in [0.717, 1.165) is 23.2 Å². The zero-order valence-corrected chi connectivity index (χ0v) is 12.8. The molecule has 1 aromatic rings. The Morgan fingerprint density at radius 2 is 2.39 bits per heavy atom. The van der Waals surface area contributed by atoms with Crippen LogP contribution >= 0.6 is 27.3 Å². The molecule has 1 aliphatic rings. The number of carboxylic acids is 1. The molecular weight excluding hydrogens is 314 g/mol. The Bertz CT molecular complexity index is 421. The van der Waals surface area contributed by atoms with Crippen LogP contribution in [0.15, 0.2) is 15.9 Å². The molecule has 100 valence electrons. The van der Waals surface area contributed by atoms with Crippen LogP contribution < -0.4 is 0 Å². The van der Waals surface area contributed by atoms with Crippen molar-refractivity contribution in [3.05, 3.63) is 20.8 Å². The van der Waals surface area contributed by atoms with Crippen LogP contribution in [0.2, 0.25) is 0 Å². The van der Waals surface area contributed by atoms with Gasteiger partial charge in [0, 0.05) is 17.0 Å². The Labute approximate surface area is 120 Å². The fourth-order valence-corrected chi connectivity index (χ4v) is 4.17. The number of thiophene rings is 1. The Hall–Kier alpha value is -0.390. The molecule has 1 saturated heterocycles. The van der Waals surface area contributed by atoms with Crippen molar-refractivity contribution >= 4 is 33.2 Å². The molecule has 2 heterocycles. The topological polar surface area (TPSA) is 40.5 Å². The third kappa shape index (κ3) is 3.33. The Morgan fingerprint density at radius 1 is 1.61 bits per heavy atom. The average Bonchev–Trinajstić information content (AvgIpc) is 2.75. The minimum absolute atomic E-state index is 0.187. The molecule has 0 saturated carbocycles. The lowest BCUT2D eigenvalue weighted by molar-refractivity contribution is -0.139. The lowest BCUT2D eigenvalue weighted by Crippen LogP contribution is -2.42. The lowest BCUT2D eigenvalue weighted by atomic mass is 9.97. The molecule has 2 rings (SSSR count). The third-order valence-electron chi connectivity index (χ3n) is 3.59. The molecular formula is C13H18BrNO2S. The van der Waals surface area contributed by atoms with Gasteiger partial charge in [0.15, 0.2) is 0 Å². The van der Waals surface area contributed by atoms with E-state index in [-0.39, 0.29) is 12.5 Å². The molecule has 0 radical (unpaired) electrons. The van der Waals surface area contributed by atoms with E-state index in [1.807, 2.05) is 0 Å². The van der Waals surface area contributed by atoms with Crippen LogP contribution in [0.25, 0.3) is 0 Å². The summed E-state index contributed by atoms with van der Waals surface area (Å²) in [6, 6.07) is 4.69. The Balaban J connectivity index is 2.10. The summed E-state index contributed by atoms with van der Waals surface area (Å²) in [5.74, 6) is -0.688. The molecule has 2 unspecified atom stereocenters. The first-order valence-corrected chi connectivity index (χ1v) is 7.91. The number of carbonyl (C=O) groups is 1. The lowest BCUT2D eigenvalue weighted by Gasteiger charge is -2.39. The van der Waals surface area contributed by atoms with Crippen molar-refractivity contribution in [2.75, 3.05) is 6.54 Å². The van der Waals surface area contributed by atoms with E-state index >= 15 is 0 Å². The molecule has 1 fully saturated rings. The van der Waals surface area contributed by atoms with Gasteiger partial charge in [-0.25, -0.2) is 0 Å². The molecule has 0 amide bonds. The van der Waals surface area contributed by atoms with E-state index in [2.05, 4.69) is 39.9 Å². The first-order chi connectivity index (χ1) is 8.58. The van der Waals surface area contributed by atoms with Crippen molar-refractivity contribution in [3.63, 3.8) is 0 Å². The minimum Gasteiger partial charge on any atom is -0.481 e. The van der Waals surface area contributed by atoms with Gasteiger partial charge in [-0.1, -0.05) is 6.42 Å². The molecule has 1 N–H and O–H groups in total. The van der Waals surface area contributed by atoms with E-state index in [4.69, 9.17) is 5.11 Å². The largest absolute Gasteiger partial charge is 0.481 e. The quantitative estimate of drug-likeness (QED) is 0.909. The van der Waals surface area contributed by atoms with E-state index in [9.17, 15) is 4.79 Å². The zero-order chi connectivity index (χ0) is 13.1. The smallest absolute Gasteiger partial charge is 0.304 e. The van der Waals surface area contributed by atoms with Gasteiger partial charge in [0.05, 0.1) is 10.2 Å². The van der Waals surface area contributed by atoms with Gasteiger partial charge < -0.3 is 5.11 Å². The highest BCUT2D eigenvalue weighted by molar-refractivity contribution is 9.11. The maximum atomic E-state index is 10.9. The summed E-state index contributed by atoms with van der Waals surface area (Å²) in [6.07, 6.45) is 3.59. The van der Waals surface area contributed by atoms with Crippen molar-refractivity contribution in [2.45, 2.75) is 44.7 Å². The van der Waals surface area contributed by atoms with Crippen molar-refractivity contribution in [1.82, 2.24) is 4.90 Å². The van der Waals surface area contributed by atoms with Crippen LogP contribution in [0.4, 0.5) is 0 Å². The van der Waals surface area contributed by atoms with Crippen LogP contribution in [-0.4, -0.2) is 28.6 Å². The van der Waals surface area contributed by atoms with Crippen molar-refractivity contribution in [3.8, 4) is 0 Å². The van der Waals surface area contributed by atoms with E-state index in [1.54, 1.807) is 11.3 Å². The number of nitrogens with zero attached hydrogens (tertiary/aromatic N) is 1. The van der Waals surface area contributed by atoms with Gasteiger partial charge in [0.2, 0.25) is 0 Å². The summed E-state index contributed by atoms with van der Waals surface area (Å²) >= 11 is 5.22. The standard InChI is InChI=1S/C13H18BrNO2S/c1-9(11-5-6-12(14)18-11)15-7-3-2-4-10(15)8-13(16)17/h5-6,9-10H,2-4,7-8H2,1H3,(H,16,17). The fourth-order valence-electron chi connectivity index (χ4n) is 2.67. The predicted molar refractivity (Wildman–Crippen MR) is 77.0 cm³/mol. The van der Waals surface area contributed by atoms with Gasteiger partial charge in [-0.2, -0.15) is 0 Å². The molecule has 2 atom stereocenters. The van der Waals surface area contributed by atoms with Gasteiger partial charge in [-0.3, -0.25) is 9.69 Å². The maximum Gasteiger partial charge on any atom is 0.304 e. The van der Waals surface area contributed by atoms with Crippen molar-refractivity contribution < 1.29 is 9.90 Å². The van der Waals surface area contributed by atoms with Crippen LogP contribution in [0.5, 0.6) is 0 Å².